The van der Waals surface area contributed by atoms with Gasteiger partial charge in [-0.05, 0) is 51.9 Å². The Bertz CT molecular complexity index is 223. The molecule has 0 aromatic heterocycles. The average molecular weight is 246 g/mol. The van der Waals surface area contributed by atoms with Gasteiger partial charge in [-0.3, -0.25) is 4.21 Å². The molecule has 1 aliphatic heterocycles. The minimum absolute atomic E-state index is 0.321. The molecule has 0 aromatic carbocycles. The van der Waals surface area contributed by atoms with Gasteiger partial charge in [-0.1, -0.05) is 6.92 Å². The van der Waals surface area contributed by atoms with E-state index in [1.54, 1.807) is 6.26 Å². The van der Waals surface area contributed by atoms with Gasteiger partial charge in [0, 0.05) is 28.9 Å². The van der Waals surface area contributed by atoms with Crippen LogP contribution >= 0.6 is 0 Å². The smallest absolute Gasteiger partial charge is 0.0329 e. The highest BCUT2D eigenvalue weighted by Crippen LogP contribution is 2.13. The molecule has 1 N–H and O–H groups in total. The Labute approximate surface area is 102 Å². The number of hydrogen-bond acceptors (Lipinski definition) is 3. The van der Waals surface area contributed by atoms with Gasteiger partial charge in [0.1, 0.15) is 0 Å². The van der Waals surface area contributed by atoms with Gasteiger partial charge in [0.05, 0.1) is 0 Å². The fourth-order valence-corrected chi connectivity index (χ4v) is 2.67. The maximum absolute atomic E-state index is 11.2. The number of nitrogens with one attached hydrogen (secondary N) is 1. The summed E-state index contributed by atoms with van der Waals surface area (Å²) in [5.74, 6) is 0.807. The predicted molar refractivity (Wildman–Crippen MR) is 71.2 cm³/mol. The first-order chi connectivity index (χ1) is 7.59. The first-order valence-electron chi connectivity index (χ1n) is 6.31. The molecule has 0 aromatic rings. The summed E-state index contributed by atoms with van der Waals surface area (Å²) in [6, 6.07) is 0. The molecule has 3 nitrogen and oxygen atoms in total. The topological polar surface area (TPSA) is 32.3 Å². The van der Waals surface area contributed by atoms with Crippen LogP contribution in [-0.4, -0.2) is 53.8 Å². The molecule has 3 atom stereocenters. The summed E-state index contributed by atoms with van der Waals surface area (Å²) in [4.78, 5) is 2.42. The molecular formula is C12H26N2OS. The van der Waals surface area contributed by atoms with Crippen LogP contribution in [0.15, 0.2) is 0 Å². The van der Waals surface area contributed by atoms with E-state index in [0.29, 0.717) is 5.25 Å². The van der Waals surface area contributed by atoms with Crippen molar-refractivity contribution >= 4 is 10.8 Å². The van der Waals surface area contributed by atoms with Crippen LogP contribution < -0.4 is 5.32 Å². The van der Waals surface area contributed by atoms with E-state index in [-0.39, 0.29) is 0 Å². The molecule has 4 heteroatoms. The number of rotatable bonds is 6. The molecule has 0 spiro atoms. The van der Waals surface area contributed by atoms with Gasteiger partial charge < -0.3 is 10.2 Å². The summed E-state index contributed by atoms with van der Waals surface area (Å²) in [6.07, 6.45) is 5.50. The number of piperidine rings is 1. The second kappa shape index (κ2) is 7.41. The van der Waals surface area contributed by atoms with Crippen LogP contribution in [0.25, 0.3) is 0 Å². The van der Waals surface area contributed by atoms with Gasteiger partial charge in [0.15, 0.2) is 0 Å². The van der Waals surface area contributed by atoms with Crippen molar-refractivity contribution in [3.05, 3.63) is 0 Å². The van der Waals surface area contributed by atoms with Crippen molar-refractivity contribution in [3.63, 3.8) is 0 Å². The standard InChI is InChI=1S/C12H26N2OS/c1-11(16(3)15)6-7-13-9-12-5-4-8-14(2)10-12/h11-13H,4-10H2,1-3H3. The third-order valence-electron chi connectivity index (χ3n) is 3.45. The molecular weight excluding hydrogens is 220 g/mol. The van der Waals surface area contributed by atoms with Gasteiger partial charge in [-0.2, -0.15) is 0 Å². The summed E-state index contributed by atoms with van der Waals surface area (Å²) in [5.41, 5.74) is 0. The van der Waals surface area contributed by atoms with E-state index in [1.165, 1.54) is 25.9 Å². The Morgan fingerprint density at radius 1 is 1.56 bits per heavy atom. The lowest BCUT2D eigenvalue weighted by Gasteiger charge is -2.29. The molecule has 0 radical (unpaired) electrons. The summed E-state index contributed by atoms with van der Waals surface area (Å²) in [5, 5.41) is 3.82. The molecule has 1 aliphatic rings. The lowest BCUT2D eigenvalue weighted by Crippen LogP contribution is -2.37. The molecule has 16 heavy (non-hydrogen) atoms. The van der Waals surface area contributed by atoms with E-state index in [2.05, 4.69) is 24.2 Å². The van der Waals surface area contributed by atoms with Crippen LogP contribution in [0.1, 0.15) is 26.2 Å². The maximum Gasteiger partial charge on any atom is 0.0329 e. The normalized spacial score (nSPS) is 26.6. The van der Waals surface area contributed by atoms with Crippen molar-refractivity contribution in [1.29, 1.82) is 0 Å². The summed E-state index contributed by atoms with van der Waals surface area (Å²) in [6.45, 7) is 6.66. The first kappa shape index (κ1) is 14.1. The van der Waals surface area contributed by atoms with Crippen LogP contribution in [0.4, 0.5) is 0 Å². The molecule has 0 bridgehead atoms. The summed E-state index contributed by atoms with van der Waals surface area (Å²) < 4.78 is 11.2. The Morgan fingerprint density at radius 3 is 2.94 bits per heavy atom. The lowest BCUT2D eigenvalue weighted by atomic mass is 9.98. The minimum atomic E-state index is -0.672. The monoisotopic (exact) mass is 246 g/mol. The highest BCUT2D eigenvalue weighted by molar-refractivity contribution is 7.84. The molecule has 3 unspecified atom stereocenters. The largest absolute Gasteiger partial charge is 0.316 e. The molecule has 96 valence electrons. The highest BCUT2D eigenvalue weighted by Gasteiger charge is 2.16. The Kier molecular flexibility index (Phi) is 6.54. The van der Waals surface area contributed by atoms with Crippen molar-refractivity contribution < 1.29 is 4.21 Å². The van der Waals surface area contributed by atoms with Crippen molar-refractivity contribution in [2.75, 3.05) is 39.5 Å². The Hall–Kier alpha value is 0.0700. The zero-order chi connectivity index (χ0) is 12.0. The van der Waals surface area contributed by atoms with Crippen LogP contribution in [0.3, 0.4) is 0 Å². The van der Waals surface area contributed by atoms with Crippen molar-refractivity contribution in [3.8, 4) is 0 Å². The molecule has 1 rings (SSSR count). The second-order valence-corrected chi connectivity index (χ2v) is 6.87. The van der Waals surface area contributed by atoms with Gasteiger partial charge in [-0.15, -0.1) is 0 Å². The van der Waals surface area contributed by atoms with Gasteiger partial charge in [0.25, 0.3) is 0 Å². The average Bonchev–Trinajstić information content (AvgIpc) is 2.24. The van der Waals surface area contributed by atoms with Crippen LogP contribution in [0.2, 0.25) is 0 Å². The van der Waals surface area contributed by atoms with Crippen molar-refractivity contribution in [2.45, 2.75) is 31.4 Å². The SMILES string of the molecule is CC(CCNCC1CCCN(C)C1)S(C)=O. The number of likely N-dealkylation sites (tertiary alicyclic amines) is 1. The second-order valence-electron chi connectivity index (χ2n) is 5.07. The summed E-state index contributed by atoms with van der Waals surface area (Å²) in [7, 11) is 1.53. The zero-order valence-electron chi connectivity index (χ0n) is 10.9. The third kappa shape index (κ3) is 5.41. The van der Waals surface area contributed by atoms with Gasteiger partial charge >= 0.3 is 0 Å². The third-order valence-corrected chi connectivity index (χ3v) is 4.82. The molecule has 1 fully saturated rings. The highest BCUT2D eigenvalue weighted by atomic mass is 32.2. The quantitative estimate of drug-likeness (QED) is 0.712. The zero-order valence-corrected chi connectivity index (χ0v) is 11.7. The summed E-state index contributed by atoms with van der Waals surface area (Å²) >= 11 is 0. The Balaban J connectivity index is 2.04. The fraction of sp³-hybridized carbons (Fsp3) is 1.00. The molecule has 1 heterocycles. The number of nitrogens with zero attached hydrogens (tertiary/aromatic N) is 1. The number of hydrogen-bond donors (Lipinski definition) is 1. The predicted octanol–water partition coefficient (Wildman–Crippen LogP) is 1.07. The van der Waals surface area contributed by atoms with E-state index in [4.69, 9.17) is 0 Å². The fourth-order valence-electron chi connectivity index (χ4n) is 2.22. The minimum Gasteiger partial charge on any atom is -0.316 e. The van der Waals surface area contributed by atoms with E-state index >= 15 is 0 Å². The van der Waals surface area contributed by atoms with E-state index in [9.17, 15) is 4.21 Å². The van der Waals surface area contributed by atoms with E-state index in [1.807, 2.05) is 0 Å². The van der Waals surface area contributed by atoms with Crippen LogP contribution in [0.5, 0.6) is 0 Å². The van der Waals surface area contributed by atoms with Gasteiger partial charge in [-0.25, -0.2) is 0 Å². The van der Waals surface area contributed by atoms with Crippen molar-refractivity contribution in [1.82, 2.24) is 10.2 Å². The van der Waals surface area contributed by atoms with Crippen molar-refractivity contribution in [2.24, 2.45) is 5.92 Å². The van der Waals surface area contributed by atoms with Crippen LogP contribution in [-0.2, 0) is 10.8 Å². The first-order valence-corrected chi connectivity index (χ1v) is 7.93. The van der Waals surface area contributed by atoms with E-state index in [0.717, 1.165) is 25.4 Å². The molecule has 0 saturated carbocycles. The molecule has 0 aliphatic carbocycles. The van der Waals surface area contributed by atoms with E-state index < -0.39 is 10.8 Å². The van der Waals surface area contributed by atoms with Gasteiger partial charge in [0.2, 0.25) is 0 Å². The molecule has 1 saturated heterocycles. The Morgan fingerprint density at radius 2 is 2.31 bits per heavy atom. The van der Waals surface area contributed by atoms with Crippen LogP contribution in [0, 0.1) is 5.92 Å². The molecule has 0 amide bonds. The lowest BCUT2D eigenvalue weighted by molar-refractivity contribution is 0.206. The maximum atomic E-state index is 11.2.